The van der Waals surface area contributed by atoms with Gasteiger partial charge in [-0.3, -0.25) is 0 Å². The molecule has 0 radical (unpaired) electrons. The summed E-state index contributed by atoms with van der Waals surface area (Å²) in [5.41, 5.74) is 3.82. The first kappa shape index (κ1) is 20.9. The third-order valence-electron chi connectivity index (χ3n) is 8.04. The second-order valence-corrected chi connectivity index (χ2v) is 9.80. The van der Waals surface area contributed by atoms with Gasteiger partial charge in [-0.2, -0.15) is 0 Å². The Kier molecular flexibility index (Phi) is 6.69. The van der Waals surface area contributed by atoms with Crippen molar-refractivity contribution in [1.82, 2.24) is 0 Å². The molecule has 0 amide bonds. The van der Waals surface area contributed by atoms with E-state index in [1.165, 1.54) is 51.4 Å². The monoisotopic (exact) mass is 372 g/mol. The Labute approximate surface area is 166 Å². The molecule has 2 nitrogen and oxygen atoms in total. The molecule has 3 aliphatic carbocycles. The van der Waals surface area contributed by atoms with Gasteiger partial charge in [0.15, 0.2) is 0 Å². The van der Waals surface area contributed by atoms with Crippen LogP contribution in [-0.2, 0) is 0 Å². The number of hydrogen-bond acceptors (Lipinski definition) is 2. The van der Waals surface area contributed by atoms with Crippen LogP contribution in [0.15, 0.2) is 35.5 Å². The number of aliphatic hydroxyl groups is 2. The Bertz CT molecular complexity index is 585. The molecule has 0 aromatic carbocycles. The van der Waals surface area contributed by atoms with Crippen molar-refractivity contribution in [2.24, 2.45) is 23.2 Å². The molecule has 0 aromatic rings. The number of aliphatic hydroxyl groups excluding tert-OH is 2. The van der Waals surface area contributed by atoms with Gasteiger partial charge in [0.25, 0.3) is 0 Å². The molecule has 3 saturated carbocycles. The standard InChI is InChI=1S/C25H40O2/c1-5-6-8-17(2)21-12-13-22-20(9-7-14-25(21,22)4)11-10-19-15-23(26)18(3)24(27)16-19/h10-11,17,21-24,26-27H,3,5-9,12-16H2,1-2,4H3/b20-11+/t17-,21+,22?,23+,24+,25+/m0/s1. The topological polar surface area (TPSA) is 40.5 Å². The fourth-order valence-electron chi connectivity index (χ4n) is 6.37. The van der Waals surface area contributed by atoms with Crippen LogP contribution in [0.1, 0.15) is 85.0 Å². The lowest BCUT2D eigenvalue weighted by Gasteiger charge is -2.44. The SMILES string of the molecule is C=C1[C@H](O)CC(=C/C=C2\CCC[C@@]3(C)C2CC[C@@H]3[C@@H](C)CCCC)C[C@H]1O. The van der Waals surface area contributed by atoms with Gasteiger partial charge in [-0.25, -0.2) is 0 Å². The molecule has 0 heterocycles. The maximum absolute atomic E-state index is 10.1. The highest BCUT2D eigenvalue weighted by Gasteiger charge is 2.50. The van der Waals surface area contributed by atoms with Crippen molar-refractivity contribution in [2.75, 3.05) is 0 Å². The molecule has 1 unspecified atom stereocenters. The molecule has 2 N–H and O–H groups in total. The quantitative estimate of drug-likeness (QED) is 0.585. The van der Waals surface area contributed by atoms with Crippen molar-refractivity contribution in [1.29, 1.82) is 0 Å². The van der Waals surface area contributed by atoms with Gasteiger partial charge in [0.05, 0.1) is 12.2 Å². The van der Waals surface area contributed by atoms with Gasteiger partial charge in [0.1, 0.15) is 0 Å². The lowest BCUT2D eigenvalue weighted by atomic mass is 9.60. The van der Waals surface area contributed by atoms with Crippen LogP contribution in [0.3, 0.4) is 0 Å². The van der Waals surface area contributed by atoms with E-state index in [-0.39, 0.29) is 0 Å². The fraction of sp³-hybridized carbons (Fsp3) is 0.760. The Hall–Kier alpha value is -0.860. The van der Waals surface area contributed by atoms with Crippen LogP contribution in [0.25, 0.3) is 0 Å². The van der Waals surface area contributed by atoms with Crippen LogP contribution < -0.4 is 0 Å². The van der Waals surface area contributed by atoms with Crippen LogP contribution in [0.4, 0.5) is 0 Å². The first-order valence-corrected chi connectivity index (χ1v) is 11.3. The van der Waals surface area contributed by atoms with E-state index in [4.69, 9.17) is 0 Å². The van der Waals surface area contributed by atoms with Gasteiger partial charge < -0.3 is 10.2 Å². The molecule has 2 heteroatoms. The summed E-state index contributed by atoms with van der Waals surface area (Å²) in [6.45, 7) is 11.2. The third kappa shape index (κ3) is 4.27. The van der Waals surface area contributed by atoms with Gasteiger partial charge in [-0.15, -0.1) is 0 Å². The molecule has 0 aliphatic heterocycles. The van der Waals surface area contributed by atoms with Crippen molar-refractivity contribution >= 4 is 0 Å². The first-order valence-electron chi connectivity index (χ1n) is 11.3. The van der Waals surface area contributed by atoms with Crippen LogP contribution in [0.5, 0.6) is 0 Å². The zero-order valence-electron chi connectivity index (χ0n) is 17.7. The summed E-state index contributed by atoms with van der Waals surface area (Å²) >= 11 is 0. The number of hydrogen-bond donors (Lipinski definition) is 2. The average Bonchev–Trinajstić information content (AvgIpc) is 2.99. The van der Waals surface area contributed by atoms with E-state index < -0.39 is 12.2 Å². The highest BCUT2D eigenvalue weighted by Crippen LogP contribution is 2.59. The molecule has 6 atom stereocenters. The normalized spacial score (nSPS) is 39.5. The molecule has 27 heavy (non-hydrogen) atoms. The molecule has 0 aromatic heterocycles. The van der Waals surface area contributed by atoms with E-state index in [0.29, 0.717) is 23.8 Å². The Morgan fingerprint density at radius 3 is 2.56 bits per heavy atom. The van der Waals surface area contributed by atoms with Crippen LogP contribution >= 0.6 is 0 Å². The van der Waals surface area contributed by atoms with Gasteiger partial charge in [-0.1, -0.05) is 69.9 Å². The Morgan fingerprint density at radius 1 is 1.19 bits per heavy atom. The van der Waals surface area contributed by atoms with Crippen molar-refractivity contribution in [3.05, 3.63) is 35.5 Å². The van der Waals surface area contributed by atoms with Crippen LogP contribution in [-0.4, -0.2) is 22.4 Å². The summed E-state index contributed by atoms with van der Waals surface area (Å²) in [5.74, 6) is 2.44. The molecule has 3 fully saturated rings. The second-order valence-electron chi connectivity index (χ2n) is 9.80. The fourth-order valence-corrected chi connectivity index (χ4v) is 6.37. The molecule has 152 valence electrons. The van der Waals surface area contributed by atoms with Crippen LogP contribution in [0, 0.1) is 23.2 Å². The molecule has 3 aliphatic rings. The summed E-state index contributed by atoms with van der Waals surface area (Å²) in [7, 11) is 0. The smallest absolute Gasteiger partial charge is 0.0809 e. The van der Waals surface area contributed by atoms with E-state index in [1.54, 1.807) is 5.57 Å². The molecule has 0 spiro atoms. The minimum absolute atomic E-state index is 0.468. The van der Waals surface area contributed by atoms with Crippen molar-refractivity contribution in [3.8, 4) is 0 Å². The lowest BCUT2D eigenvalue weighted by molar-refractivity contribution is 0.0934. The van der Waals surface area contributed by atoms with Crippen LogP contribution in [0.2, 0.25) is 0 Å². The molecular formula is C25H40O2. The lowest BCUT2D eigenvalue weighted by Crippen LogP contribution is -2.36. The Balaban J connectivity index is 1.74. The predicted octanol–water partition coefficient (Wildman–Crippen LogP) is 5.95. The van der Waals surface area contributed by atoms with Gasteiger partial charge in [0, 0.05) is 0 Å². The summed E-state index contributed by atoms with van der Waals surface area (Å²) in [4.78, 5) is 0. The molecule has 0 saturated heterocycles. The van der Waals surface area contributed by atoms with E-state index in [1.807, 2.05) is 0 Å². The van der Waals surface area contributed by atoms with E-state index in [2.05, 4.69) is 39.5 Å². The predicted molar refractivity (Wildman–Crippen MR) is 113 cm³/mol. The molecule has 0 bridgehead atoms. The van der Waals surface area contributed by atoms with Gasteiger partial charge >= 0.3 is 0 Å². The highest BCUT2D eigenvalue weighted by atomic mass is 16.3. The Morgan fingerprint density at radius 2 is 1.89 bits per heavy atom. The summed E-state index contributed by atoms with van der Waals surface area (Å²) in [6, 6.07) is 0. The number of rotatable bonds is 5. The van der Waals surface area contributed by atoms with E-state index >= 15 is 0 Å². The van der Waals surface area contributed by atoms with Gasteiger partial charge in [0.2, 0.25) is 0 Å². The van der Waals surface area contributed by atoms with E-state index in [0.717, 1.165) is 23.3 Å². The zero-order chi connectivity index (χ0) is 19.6. The minimum Gasteiger partial charge on any atom is -0.388 e. The number of unbranched alkanes of at least 4 members (excludes halogenated alkanes) is 1. The largest absolute Gasteiger partial charge is 0.388 e. The summed E-state index contributed by atoms with van der Waals surface area (Å²) < 4.78 is 0. The number of allylic oxidation sites excluding steroid dienone is 3. The second kappa shape index (κ2) is 8.66. The van der Waals surface area contributed by atoms with E-state index in [9.17, 15) is 10.2 Å². The van der Waals surface area contributed by atoms with Crippen molar-refractivity contribution < 1.29 is 10.2 Å². The minimum atomic E-state index is -0.592. The maximum atomic E-state index is 10.1. The highest BCUT2D eigenvalue weighted by molar-refractivity contribution is 5.29. The average molecular weight is 373 g/mol. The van der Waals surface area contributed by atoms with Crippen molar-refractivity contribution in [2.45, 2.75) is 97.2 Å². The molecular weight excluding hydrogens is 332 g/mol. The number of fused-ring (bicyclic) bond motifs is 1. The summed E-state index contributed by atoms with van der Waals surface area (Å²) in [6.07, 6.45) is 15.3. The first-order chi connectivity index (χ1) is 12.9. The summed E-state index contributed by atoms with van der Waals surface area (Å²) in [5, 5.41) is 20.2. The maximum Gasteiger partial charge on any atom is 0.0809 e. The molecule has 3 rings (SSSR count). The van der Waals surface area contributed by atoms with Gasteiger partial charge in [-0.05, 0) is 73.7 Å². The third-order valence-corrected chi connectivity index (χ3v) is 8.04. The zero-order valence-corrected chi connectivity index (χ0v) is 17.7. The van der Waals surface area contributed by atoms with Crippen molar-refractivity contribution in [3.63, 3.8) is 0 Å².